The van der Waals surface area contributed by atoms with Crippen molar-refractivity contribution < 1.29 is 48.6 Å². The molecule has 1 aliphatic rings. The van der Waals surface area contributed by atoms with E-state index in [-0.39, 0.29) is 62.2 Å². The van der Waals surface area contributed by atoms with E-state index in [4.69, 9.17) is 17.2 Å². The average Bonchev–Trinajstić information content (AvgIpc) is 3.38. The molecule has 1 aliphatic heterocycles. The van der Waals surface area contributed by atoms with Crippen LogP contribution in [0.15, 0.2) is 97.1 Å². The Labute approximate surface area is 447 Å². The van der Waals surface area contributed by atoms with E-state index in [1.54, 1.807) is 26.0 Å². The highest BCUT2D eigenvalue weighted by Gasteiger charge is 2.37. The van der Waals surface area contributed by atoms with E-state index in [9.17, 15) is 48.6 Å². The monoisotopic (exact) mass is 1070 g/mol. The van der Waals surface area contributed by atoms with Gasteiger partial charge in [0.15, 0.2) is 23.1 Å². The smallest absolute Gasteiger partial charge is 0.225 e. The zero-order chi connectivity index (χ0) is 54.6. The number of fused-ring (bicyclic) bond motifs is 1. The van der Waals surface area contributed by atoms with Gasteiger partial charge in [0.05, 0.1) is 42.1 Å². The second-order valence-corrected chi connectivity index (χ2v) is 22.7. The lowest BCUT2D eigenvalue weighted by Gasteiger charge is -2.28. The first-order chi connectivity index (χ1) is 35.8. The lowest BCUT2D eigenvalue weighted by atomic mass is 9.86. The molecule has 4 aromatic carbocycles. The number of hydrogen-bond acceptors (Lipinski definition) is 14. The normalized spacial score (nSPS) is 22.1. The molecule has 4 amide bonds. The summed E-state index contributed by atoms with van der Waals surface area (Å²) in [6.45, 7) is 5.18. The van der Waals surface area contributed by atoms with Crippen LogP contribution in [-0.4, -0.2) is 105 Å². The van der Waals surface area contributed by atoms with Gasteiger partial charge < -0.3 is 43.4 Å². The van der Waals surface area contributed by atoms with Gasteiger partial charge in [0.2, 0.25) is 23.6 Å². The van der Waals surface area contributed by atoms with Crippen LogP contribution < -0.4 is 33.2 Å². The maximum absolute atomic E-state index is 14.8. The van der Waals surface area contributed by atoms with Crippen LogP contribution in [0.3, 0.4) is 0 Å². The summed E-state index contributed by atoms with van der Waals surface area (Å²) in [4.78, 5) is 114. The number of hydrogen-bond donors (Lipinski definition) is 8. The number of primary amides is 1. The molecule has 0 aromatic heterocycles. The van der Waals surface area contributed by atoms with E-state index in [2.05, 4.69) is 16.0 Å². The first kappa shape index (κ1) is 60.0. The minimum absolute atomic E-state index is 0.00877. The number of carbonyl (C=O) groups is 8. The molecule has 0 saturated carbocycles. The van der Waals surface area contributed by atoms with E-state index in [1.165, 1.54) is 19.1 Å². The van der Waals surface area contributed by atoms with Crippen LogP contribution in [0.1, 0.15) is 88.8 Å². The summed E-state index contributed by atoms with van der Waals surface area (Å²) in [5.74, 6) is -9.48. The standard InChI is InChI=1S/C57H74N6O10S2/c1-34(2)44-30-52(68)47(15-9-10-24-58)61-55(71)41(21-16-36-11-5-4-6-12-36)28-51(67)48(27-37-18-22-43(65)23-19-37)62-56(72)42(29-50(66)46(59)26-38-17-20-39-13-7-8-14-40(39)25-38)32-74-75-33-49(63-57(44)73)53(69)31-45(35(3)64)54(60)70/h4-8,11-14,17-20,22-23,25,34-35,41-42,44-49,64-65H,9-10,15-16,21,24,26-33,58-59H2,1-3H3,(H2,60,70)(H,61,71)(H,62,72)(H,63,73)/t35?,41-,42-,44-,45-,46+,47-,48-,49-/m0/s1. The molecule has 0 spiro atoms. The molecule has 11 N–H and O–H groups in total. The second-order valence-electron chi connectivity index (χ2n) is 20.1. The van der Waals surface area contributed by atoms with Crippen LogP contribution in [0.2, 0.25) is 0 Å². The molecular formula is C57H74N6O10S2. The number of ketones is 4. The molecule has 1 heterocycles. The Morgan fingerprint density at radius 1 is 0.693 bits per heavy atom. The van der Waals surface area contributed by atoms with Gasteiger partial charge >= 0.3 is 0 Å². The van der Waals surface area contributed by atoms with Crippen LogP contribution in [0.25, 0.3) is 10.8 Å². The van der Waals surface area contributed by atoms with Crippen LogP contribution in [-0.2, 0) is 57.6 Å². The van der Waals surface area contributed by atoms with Crippen molar-refractivity contribution in [2.75, 3.05) is 18.1 Å². The van der Waals surface area contributed by atoms with Crippen molar-refractivity contribution in [3.8, 4) is 5.75 Å². The van der Waals surface area contributed by atoms with Crippen molar-refractivity contribution >= 4 is 79.1 Å². The summed E-state index contributed by atoms with van der Waals surface area (Å²) in [7, 11) is 2.27. The van der Waals surface area contributed by atoms with E-state index in [0.717, 1.165) is 43.5 Å². The average molecular weight is 1070 g/mol. The number of unbranched alkanes of at least 4 members (excludes halogenated alkanes) is 1. The van der Waals surface area contributed by atoms with Gasteiger partial charge in [-0.3, -0.25) is 38.4 Å². The number of aromatic hydroxyl groups is 1. The maximum atomic E-state index is 14.8. The topological polar surface area (TPSA) is 291 Å². The number of phenols is 1. The van der Waals surface area contributed by atoms with Gasteiger partial charge in [-0.1, -0.05) is 120 Å². The third-order valence-electron chi connectivity index (χ3n) is 13.9. The van der Waals surface area contributed by atoms with E-state index < -0.39 is 113 Å². The number of rotatable bonds is 20. The third kappa shape index (κ3) is 19.0. The number of aliphatic hydroxyl groups is 1. The zero-order valence-corrected chi connectivity index (χ0v) is 44.8. The Hall–Kier alpha value is -5.92. The largest absolute Gasteiger partial charge is 0.508 e. The second kappa shape index (κ2) is 30.0. The van der Waals surface area contributed by atoms with Gasteiger partial charge in [-0.05, 0) is 104 Å². The predicted octanol–water partition coefficient (Wildman–Crippen LogP) is 5.09. The molecule has 18 heteroatoms. The van der Waals surface area contributed by atoms with Gasteiger partial charge in [0, 0.05) is 49.0 Å². The summed E-state index contributed by atoms with van der Waals surface area (Å²) in [5.41, 5.74) is 20.3. The van der Waals surface area contributed by atoms with Crippen LogP contribution in [0, 0.1) is 29.6 Å². The minimum atomic E-state index is -1.28. The van der Waals surface area contributed by atoms with Crippen molar-refractivity contribution in [1.82, 2.24) is 16.0 Å². The molecule has 0 bridgehead atoms. The summed E-state index contributed by atoms with van der Waals surface area (Å²) in [6.07, 6.45) is -0.759. The van der Waals surface area contributed by atoms with Crippen LogP contribution >= 0.6 is 21.6 Å². The fraction of sp³-hybridized carbons (Fsp3) is 0.474. The molecule has 1 saturated heterocycles. The lowest BCUT2D eigenvalue weighted by molar-refractivity contribution is -0.136. The number of benzene rings is 4. The van der Waals surface area contributed by atoms with Gasteiger partial charge in [-0.15, -0.1) is 0 Å². The quantitative estimate of drug-likeness (QED) is 0.0423. The molecule has 4 aromatic rings. The number of phenolic OH excluding ortho intramolecular Hbond substituents is 1. The number of Topliss-reactive ketones (excluding diaryl/α,β-unsaturated/α-hetero) is 4. The third-order valence-corrected chi connectivity index (χ3v) is 16.4. The van der Waals surface area contributed by atoms with E-state index in [1.807, 2.05) is 72.8 Å². The van der Waals surface area contributed by atoms with Crippen molar-refractivity contribution in [1.29, 1.82) is 0 Å². The Morgan fingerprint density at radius 2 is 1.32 bits per heavy atom. The Bertz CT molecular complexity index is 2580. The molecule has 0 aliphatic carbocycles. The van der Waals surface area contributed by atoms with Crippen LogP contribution in [0.5, 0.6) is 5.75 Å². The summed E-state index contributed by atoms with van der Waals surface area (Å²) >= 11 is 0. The Morgan fingerprint density at radius 3 is 1.99 bits per heavy atom. The van der Waals surface area contributed by atoms with E-state index in [0.29, 0.717) is 31.4 Å². The first-order valence-electron chi connectivity index (χ1n) is 25.8. The first-order valence-corrected chi connectivity index (χ1v) is 28.3. The molecule has 404 valence electrons. The number of nitrogens with one attached hydrogen (secondary N) is 3. The lowest BCUT2D eigenvalue weighted by Crippen LogP contribution is -2.50. The number of amides is 4. The number of nitrogens with two attached hydrogens (primary N) is 3. The zero-order valence-electron chi connectivity index (χ0n) is 43.1. The highest BCUT2D eigenvalue weighted by molar-refractivity contribution is 8.76. The van der Waals surface area contributed by atoms with Gasteiger partial charge in [-0.25, -0.2) is 0 Å². The van der Waals surface area contributed by atoms with Crippen molar-refractivity contribution in [3.05, 3.63) is 114 Å². The highest BCUT2D eigenvalue weighted by atomic mass is 33.1. The SMILES string of the molecule is CC(C)[C@@H]1CC(=O)[C@H](CCCCN)NC(=O)[C@@H](CCc2ccccc2)CC(=O)[C@H](Cc2ccc(O)cc2)NC(=O)[C@@H](CC(=O)[C@H](N)Cc2ccc3ccccc3c2)CSSC[C@@H](C(=O)C[C@H](C(N)=O)C(C)O)NC1=O. The van der Waals surface area contributed by atoms with Gasteiger partial charge in [0.25, 0.3) is 0 Å². The summed E-state index contributed by atoms with van der Waals surface area (Å²) in [6, 6.07) is 24.6. The fourth-order valence-corrected chi connectivity index (χ4v) is 11.7. The maximum Gasteiger partial charge on any atom is 0.225 e. The Balaban J connectivity index is 1.55. The summed E-state index contributed by atoms with van der Waals surface area (Å²) in [5, 5.41) is 31.2. The fourth-order valence-electron chi connectivity index (χ4n) is 9.15. The molecule has 16 nitrogen and oxygen atoms in total. The highest BCUT2D eigenvalue weighted by Crippen LogP contribution is 2.30. The van der Waals surface area contributed by atoms with Gasteiger partial charge in [-0.2, -0.15) is 0 Å². The molecule has 5 rings (SSSR count). The molecule has 9 atom stereocenters. The van der Waals surface area contributed by atoms with Crippen molar-refractivity contribution in [3.63, 3.8) is 0 Å². The minimum Gasteiger partial charge on any atom is -0.508 e. The van der Waals surface area contributed by atoms with Gasteiger partial charge in [0.1, 0.15) is 5.75 Å². The van der Waals surface area contributed by atoms with E-state index >= 15 is 0 Å². The molecule has 75 heavy (non-hydrogen) atoms. The predicted molar refractivity (Wildman–Crippen MR) is 294 cm³/mol. The number of carbonyl (C=O) groups excluding carboxylic acids is 8. The van der Waals surface area contributed by atoms with Crippen LogP contribution in [0.4, 0.5) is 0 Å². The molecule has 1 unspecified atom stereocenters. The molecular weight excluding hydrogens is 993 g/mol. The molecule has 0 radical (unpaired) electrons. The molecule has 1 fully saturated rings. The van der Waals surface area contributed by atoms with Crippen molar-refractivity contribution in [2.45, 2.75) is 122 Å². The summed E-state index contributed by atoms with van der Waals surface area (Å²) < 4.78 is 0. The number of aryl methyl sites for hydroxylation is 1. The number of aliphatic hydroxyl groups excluding tert-OH is 1. The van der Waals surface area contributed by atoms with Crippen molar-refractivity contribution in [2.24, 2.45) is 46.8 Å². The Kier molecular flexibility index (Phi) is 24.0.